The number of aromatic nitrogens is 2. The zero-order valence-electron chi connectivity index (χ0n) is 9.78. The second-order valence-corrected chi connectivity index (χ2v) is 5.81. The van der Waals surface area contributed by atoms with Gasteiger partial charge >= 0.3 is 0 Å². The Labute approximate surface area is 100 Å². The first-order chi connectivity index (χ1) is 7.90. The van der Waals surface area contributed by atoms with Gasteiger partial charge in [0.1, 0.15) is 4.90 Å². The number of aliphatic hydroxyl groups is 1. The zero-order valence-corrected chi connectivity index (χ0v) is 10.6. The summed E-state index contributed by atoms with van der Waals surface area (Å²) in [4.78, 5) is 0.0977. The van der Waals surface area contributed by atoms with E-state index >= 15 is 0 Å². The maximum atomic E-state index is 11.3. The predicted octanol–water partition coefficient (Wildman–Crippen LogP) is -1.21. The molecule has 0 aromatic carbocycles. The minimum absolute atomic E-state index is 0.0977. The number of nitrogens with two attached hydrogens (primary N) is 1. The lowest BCUT2D eigenvalue weighted by molar-refractivity contribution is 0.124. The van der Waals surface area contributed by atoms with Crippen molar-refractivity contribution in [3.8, 4) is 0 Å². The molecule has 0 aliphatic heterocycles. The summed E-state index contributed by atoms with van der Waals surface area (Å²) in [6, 6.07) is -0.970. The molecule has 1 heterocycles. The Balaban J connectivity index is 2.94. The van der Waals surface area contributed by atoms with Crippen molar-refractivity contribution in [3.63, 3.8) is 0 Å². The smallest absolute Gasteiger partial charge is 0.178 e. The Kier molecular flexibility index (Phi) is 4.63. The van der Waals surface area contributed by atoms with Gasteiger partial charge in [0, 0.05) is 19.6 Å². The Hall–Kier alpha value is -0.960. The summed E-state index contributed by atoms with van der Waals surface area (Å²) >= 11 is 0. The summed E-state index contributed by atoms with van der Waals surface area (Å²) in [5.41, 5.74) is 5.79. The summed E-state index contributed by atoms with van der Waals surface area (Å²) in [6.45, 7) is 0.00863. The normalized spacial score (nSPS) is 15.8. The van der Waals surface area contributed by atoms with E-state index in [2.05, 4.69) is 5.10 Å². The molecule has 0 saturated carbocycles. The largest absolute Gasteiger partial charge is 0.394 e. The first kappa shape index (κ1) is 14.1. The quantitative estimate of drug-likeness (QED) is 0.667. The monoisotopic (exact) mass is 263 g/mol. The minimum atomic E-state index is -3.30. The fourth-order valence-electron chi connectivity index (χ4n) is 1.41. The maximum Gasteiger partial charge on any atom is 0.178 e. The van der Waals surface area contributed by atoms with Gasteiger partial charge in [-0.1, -0.05) is 0 Å². The van der Waals surface area contributed by atoms with Crippen LogP contribution in [0, 0.1) is 0 Å². The van der Waals surface area contributed by atoms with E-state index in [1.807, 2.05) is 0 Å². The van der Waals surface area contributed by atoms with Crippen LogP contribution in [0.2, 0.25) is 0 Å². The second kappa shape index (κ2) is 5.58. The Morgan fingerprint density at radius 2 is 2.29 bits per heavy atom. The Morgan fingerprint density at radius 1 is 1.65 bits per heavy atom. The molecule has 98 valence electrons. The average Bonchev–Trinajstić information content (AvgIpc) is 2.68. The maximum absolute atomic E-state index is 11.3. The molecule has 0 saturated heterocycles. The van der Waals surface area contributed by atoms with Crippen molar-refractivity contribution in [3.05, 3.63) is 12.4 Å². The topological polar surface area (TPSA) is 107 Å². The summed E-state index contributed by atoms with van der Waals surface area (Å²) in [7, 11) is -1.80. The second-order valence-electron chi connectivity index (χ2n) is 3.80. The Bertz CT molecular complexity index is 457. The van der Waals surface area contributed by atoms with E-state index in [9.17, 15) is 13.5 Å². The molecule has 7 nitrogen and oxygen atoms in total. The predicted molar refractivity (Wildman–Crippen MR) is 61.3 cm³/mol. The summed E-state index contributed by atoms with van der Waals surface area (Å²) < 4.78 is 28.8. The van der Waals surface area contributed by atoms with Crippen molar-refractivity contribution >= 4 is 9.84 Å². The number of aliphatic hydroxyl groups excluding tert-OH is 1. The van der Waals surface area contributed by atoms with Crippen LogP contribution in [-0.2, 0) is 14.6 Å². The third-order valence-corrected chi connectivity index (χ3v) is 3.45. The van der Waals surface area contributed by atoms with Gasteiger partial charge in [-0.15, -0.1) is 0 Å². The molecule has 0 spiro atoms. The Morgan fingerprint density at radius 3 is 2.71 bits per heavy atom. The molecule has 1 aromatic heterocycles. The highest BCUT2D eigenvalue weighted by molar-refractivity contribution is 7.90. The molecule has 1 rings (SSSR count). The van der Waals surface area contributed by atoms with Crippen molar-refractivity contribution < 1.29 is 18.3 Å². The summed E-state index contributed by atoms with van der Waals surface area (Å²) in [5, 5.41) is 13.1. The third kappa shape index (κ3) is 3.50. The zero-order chi connectivity index (χ0) is 13.1. The molecule has 17 heavy (non-hydrogen) atoms. The van der Waals surface area contributed by atoms with E-state index < -0.39 is 21.9 Å². The van der Waals surface area contributed by atoms with Gasteiger partial charge in [0.25, 0.3) is 0 Å². The molecule has 0 amide bonds. The van der Waals surface area contributed by atoms with Crippen LogP contribution in [0.1, 0.15) is 6.04 Å². The molecule has 0 aliphatic rings. The van der Waals surface area contributed by atoms with Crippen LogP contribution < -0.4 is 5.73 Å². The van der Waals surface area contributed by atoms with Crippen LogP contribution >= 0.6 is 0 Å². The molecule has 2 unspecified atom stereocenters. The van der Waals surface area contributed by atoms with Crippen molar-refractivity contribution in [1.29, 1.82) is 0 Å². The van der Waals surface area contributed by atoms with E-state index in [0.29, 0.717) is 0 Å². The fraction of sp³-hybridized carbons (Fsp3) is 0.667. The standard InChI is InChI=1S/C9H17N3O4S/c1-16-6-8(10)9(5-13)12-4-7(3-11-12)17(2,14)15/h3-4,8-9,13H,5-6,10H2,1-2H3. The highest BCUT2D eigenvalue weighted by atomic mass is 32.2. The van der Waals surface area contributed by atoms with Gasteiger partial charge < -0.3 is 15.6 Å². The molecule has 8 heteroatoms. The average molecular weight is 263 g/mol. The first-order valence-electron chi connectivity index (χ1n) is 4.99. The number of rotatable bonds is 6. The summed E-state index contributed by atoms with van der Waals surface area (Å²) in [6.07, 6.45) is 3.68. The van der Waals surface area contributed by atoms with Crippen LogP contribution in [0.25, 0.3) is 0 Å². The number of methoxy groups -OCH3 is 1. The fourth-order valence-corrected chi connectivity index (χ4v) is 1.95. The van der Waals surface area contributed by atoms with Crippen molar-refractivity contribution in [2.24, 2.45) is 5.73 Å². The molecule has 0 bridgehead atoms. The highest BCUT2D eigenvalue weighted by Crippen LogP contribution is 2.13. The number of ether oxygens (including phenoxy) is 1. The molecular weight excluding hydrogens is 246 g/mol. The molecule has 2 atom stereocenters. The van der Waals surface area contributed by atoms with Gasteiger partial charge in [-0.2, -0.15) is 5.10 Å². The van der Waals surface area contributed by atoms with Crippen molar-refractivity contribution in [2.75, 3.05) is 26.6 Å². The number of hydrogen-bond donors (Lipinski definition) is 2. The molecular formula is C9H17N3O4S. The lowest BCUT2D eigenvalue weighted by Crippen LogP contribution is -2.38. The van der Waals surface area contributed by atoms with Crippen molar-refractivity contribution in [2.45, 2.75) is 17.0 Å². The molecule has 0 radical (unpaired) electrons. The highest BCUT2D eigenvalue weighted by Gasteiger charge is 2.21. The van der Waals surface area contributed by atoms with Gasteiger partial charge in [0.05, 0.1) is 31.5 Å². The molecule has 0 fully saturated rings. The van der Waals surface area contributed by atoms with Crippen LogP contribution in [0.3, 0.4) is 0 Å². The van der Waals surface area contributed by atoms with Gasteiger partial charge in [-0.25, -0.2) is 8.42 Å². The van der Waals surface area contributed by atoms with Gasteiger partial charge in [0.15, 0.2) is 9.84 Å². The summed E-state index contributed by atoms with van der Waals surface area (Å²) in [5.74, 6) is 0. The van der Waals surface area contributed by atoms with E-state index in [1.165, 1.54) is 24.2 Å². The lowest BCUT2D eigenvalue weighted by atomic mass is 10.1. The van der Waals surface area contributed by atoms with Gasteiger partial charge in [-0.3, -0.25) is 4.68 Å². The van der Waals surface area contributed by atoms with Crippen LogP contribution in [0.15, 0.2) is 17.3 Å². The number of nitrogens with zero attached hydrogens (tertiary/aromatic N) is 2. The van der Waals surface area contributed by atoms with Crippen LogP contribution in [-0.4, -0.2) is 55.9 Å². The van der Waals surface area contributed by atoms with E-state index in [-0.39, 0.29) is 18.1 Å². The van der Waals surface area contributed by atoms with Crippen LogP contribution in [0.5, 0.6) is 0 Å². The van der Waals surface area contributed by atoms with Crippen molar-refractivity contribution in [1.82, 2.24) is 9.78 Å². The number of hydrogen-bond acceptors (Lipinski definition) is 6. The SMILES string of the molecule is COCC(N)C(CO)n1cc(S(C)(=O)=O)cn1. The first-order valence-corrected chi connectivity index (χ1v) is 6.89. The van der Waals surface area contributed by atoms with Gasteiger partial charge in [-0.05, 0) is 0 Å². The molecule has 3 N–H and O–H groups in total. The molecule has 0 aliphatic carbocycles. The minimum Gasteiger partial charge on any atom is -0.394 e. The van der Waals surface area contributed by atoms with E-state index in [1.54, 1.807) is 0 Å². The molecule has 1 aromatic rings. The number of sulfone groups is 1. The lowest BCUT2D eigenvalue weighted by Gasteiger charge is -2.21. The van der Waals surface area contributed by atoms with E-state index in [0.717, 1.165) is 6.26 Å². The third-order valence-electron chi connectivity index (χ3n) is 2.39. The van der Waals surface area contributed by atoms with E-state index in [4.69, 9.17) is 10.5 Å². The van der Waals surface area contributed by atoms with Gasteiger partial charge in [0.2, 0.25) is 0 Å². The van der Waals surface area contributed by atoms with Crippen LogP contribution in [0.4, 0.5) is 0 Å².